The zero-order chi connectivity index (χ0) is 17.1. The number of aryl methyl sites for hydroxylation is 1. The highest BCUT2D eigenvalue weighted by Gasteiger charge is 2.43. The Bertz CT molecular complexity index is 693. The Morgan fingerprint density at radius 1 is 1.32 bits per heavy atom. The number of nitrogens with zero attached hydrogens (tertiary/aromatic N) is 4. The highest BCUT2D eigenvalue weighted by atomic mass is 16.5. The lowest BCUT2D eigenvalue weighted by molar-refractivity contribution is -0.0737. The van der Waals surface area contributed by atoms with E-state index < -0.39 is 0 Å². The fraction of sp³-hybridized carbons (Fsp3) is 0.526. The number of hydrogen-bond donors (Lipinski definition) is 1. The van der Waals surface area contributed by atoms with Crippen molar-refractivity contribution in [3.63, 3.8) is 0 Å². The van der Waals surface area contributed by atoms with Crippen LogP contribution >= 0.6 is 0 Å². The van der Waals surface area contributed by atoms with Crippen molar-refractivity contribution in [3.05, 3.63) is 48.0 Å². The van der Waals surface area contributed by atoms with E-state index in [2.05, 4.69) is 31.2 Å². The molecule has 4 rings (SSSR count). The normalized spacial score (nSPS) is 26.8. The fourth-order valence-corrected chi connectivity index (χ4v) is 3.90. The Morgan fingerprint density at radius 3 is 3.00 bits per heavy atom. The molecule has 0 unspecified atom stereocenters. The summed E-state index contributed by atoms with van der Waals surface area (Å²) in [5.41, 5.74) is 2.30. The van der Waals surface area contributed by atoms with E-state index in [4.69, 9.17) is 4.74 Å². The monoisotopic (exact) mass is 339 g/mol. The molecular weight excluding hydrogens is 314 g/mol. The first-order valence-electron chi connectivity index (χ1n) is 9.01. The van der Waals surface area contributed by atoms with Crippen LogP contribution in [0.4, 0.5) is 5.95 Å². The second kappa shape index (κ2) is 7.06. The minimum absolute atomic E-state index is 0.0389. The predicted octanol–water partition coefficient (Wildman–Crippen LogP) is 2.42. The first-order valence-corrected chi connectivity index (χ1v) is 9.01. The van der Waals surface area contributed by atoms with Gasteiger partial charge >= 0.3 is 0 Å². The molecule has 0 saturated carbocycles. The topological polar surface area (TPSA) is 63.2 Å². The lowest BCUT2D eigenvalue weighted by atomic mass is 9.89. The number of likely N-dealkylation sites (tertiary alicyclic amines) is 1. The number of hydrogen-bond acceptors (Lipinski definition) is 6. The molecule has 2 aromatic heterocycles. The predicted molar refractivity (Wildman–Crippen MR) is 96.2 cm³/mol. The first-order chi connectivity index (χ1) is 12.2. The molecule has 2 aromatic rings. The van der Waals surface area contributed by atoms with Gasteiger partial charge in [0.15, 0.2) is 0 Å². The van der Waals surface area contributed by atoms with Gasteiger partial charge in [0.2, 0.25) is 5.95 Å². The Hall–Kier alpha value is -2.05. The van der Waals surface area contributed by atoms with E-state index in [0.717, 1.165) is 57.0 Å². The van der Waals surface area contributed by atoms with E-state index in [1.165, 1.54) is 5.56 Å². The van der Waals surface area contributed by atoms with Gasteiger partial charge in [-0.25, -0.2) is 9.97 Å². The molecule has 4 heterocycles. The van der Waals surface area contributed by atoms with Crippen LogP contribution in [0.1, 0.15) is 30.4 Å². The quantitative estimate of drug-likeness (QED) is 0.923. The molecule has 6 heteroatoms. The summed E-state index contributed by atoms with van der Waals surface area (Å²) in [6, 6.07) is 4.51. The summed E-state index contributed by atoms with van der Waals surface area (Å²) < 4.78 is 6.24. The zero-order valence-electron chi connectivity index (χ0n) is 14.7. The molecule has 1 spiro atoms. The van der Waals surface area contributed by atoms with Crippen molar-refractivity contribution in [2.45, 2.75) is 44.4 Å². The van der Waals surface area contributed by atoms with Gasteiger partial charge in [0.25, 0.3) is 0 Å². The summed E-state index contributed by atoms with van der Waals surface area (Å²) in [4.78, 5) is 15.4. The lowest BCUT2D eigenvalue weighted by Crippen LogP contribution is -2.46. The van der Waals surface area contributed by atoms with Gasteiger partial charge in [-0.3, -0.25) is 9.88 Å². The van der Waals surface area contributed by atoms with Crippen molar-refractivity contribution in [1.82, 2.24) is 19.9 Å². The fourth-order valence-electron chi connectivity index (χ4n) is 3.90. The van der Waals surface area contributed by atoms with E-state index in [9.17, 15) is 0 Å². The minimum atomic E-state index is -0.0389. The third-order valence-corrected chi connectivity index (χ3v) is 5.13. The Balaban J connectivity index is 1.36. The van der Waals surface area contributed by atoms with Gasteiger partial charge in [0, 0.05) is 57.1 Å². The molecule has 2 aliphatic rings. The third-order valence-electron chi connectivity index (χ3n) is 5.13. The molecule has 0 amide bonds. The van der Waals surface area contributed by atoms with Gasteiger partial charge in [0.1, 0.15) is 0 Å². The molecule has 2 aliphatic heterocycles. The van der Waals surface area contributed by atoms with Crippen molar-refractivity contribution in [2.75, 3.05) is 25.0 Å². The standard InChI is InChI=1S/C19H25N5O/c1-15-10-21-18(22-11-15)23-17-4-8-25-19(9-17)5-7-24(14-19)13-16-3-2-6-20-12-16/h2-3,6,10-12,17H,4-5,7-9,13-14H2,1H3,(H,21,22,23)/t17-,19-/m0/s1. The number of aromatic nitrogens is 3. The van der Waals surface area contributed by atoms with Gasteiger partial charge in [-0.05, 0) is 43.4 Å². The van der Waals surface area contributed by atoms with Gasteiger partial charge in [-0.2, -0.15) is 0 Å². The third kappa shape index (κ3) is 3.96. The molecular formula is C19H25N5O. The van der Waals surface area contributed by atoms with Crippen LogP contribution in [0.2, 0.25) is 0 Å². The Morgan fingerprint density at radius 2 is 2.20 bits per heavy atom. The van der Waals surface area contributed by atoms with Crippen molar-refractivity contribution >= 4 is 5.95 Å². The van der Waals surface area contributed by atoms with Gasteiger partial charge in [-0.15, -0.1) is 0 Å². The molecule has 2 atom stereocenters. The molecule has 2 fully saturated rings. The van der Waals surface area contributed by atoms with Crippen molar-refractivity contribution < 1.29 is 4.74 Å². The van der Waals surface area contributed by atoms with Gasteiger partial charge in [-0.1, -0.05) is 6.07 Å². The van der Waals surface area contributed by atoms with Crippen LogP contribution in [0.5, 0.6) is 0 Å². The zero-order valence-corrected chi connectivity index (χ0v) is 14.7. The smallest absolute Gasteiger partial charge is 0.222 e. The number of pyridine rings is 1. The summed E-state index contributed by atoms with van der Waals surface area (Å²) in [6.07, 6.45) is 10.6. The molecule has 0 radical (unpaired) electrons. The van der Waals surface area contributed by atoms with E-state index >= 15 is 0 Å². The van der Waals surface area contributed by atoms with Crippen LogP contribution < -0.4 is 5.32 Å². The molecule has 0 aliphatic carbocycles. The number of nitrogens with one attached hydrogen (secondary N) is 1. The summed E-state index contributed by atoms with van der Waals surface area (Å²) >= 11 is 0. The molecule has 0 aromatic carbocycles. The van der Waals surface area contributed by atoms with E-state index in [1.807, 2.05) is 37.8 Å². The molecule has 2 saturated heterocycles. The highest BCUT2D eigenvalue weighted by molar-refractivity contribution is 5.26. The summed E-state index contributed by atoms with van der Waals surface area (Å²) in [5.74, 6) is 0.720. The maximum atomic E-state index is 6.24. The van der Waals surface area contributed by atoms with Crippen molar-refractivity contribution in [3.8, 4) is 0 Å². The highest BCUT2D eigenvalue weighted by Crippen LogP contribution is 2.35. The van der Waals surface area contributed by atoms with Crippen molar-refractivity contribution in [2.24, 2.45) is 0 Å². The van der Waals surface area contributed by atoms with E-state index in [0.29, 0.717) is 6.04 Å². The largest absolute Gasteiger partial charge is 0.373 e. The average molecular weight is 339 g/mol. The maximum absolute atomic E-state index is 6.24. The molecule has 25 heavy (non-hydrogen) atoms. The van der Waals surface area contributed by atoms with Crippen LogP contribution in [0.15, 0.2) is 36.9 Å². The Kier molecular flexibility index (Phi) is 4.63. The van der Waals surface area contributed by atoms with Gasteiger partial charge < -0.3 is 10.1 Å². The second-order valence-electron chi connectivity index (χ2n) is 7.27. The summed E-state index contributed by atoms with van der Waals surface area (Å²) in [5, 5.41) is 3.49. The summed E-state index contributed by atoms with van der Waals surface area (Å²) in [7, 11) is 0. The Labute approximate surface area is 148 Å². The second-order valence-corrected chi connectivity index (χ2v) is 7.27. The van der Waals surface area contributed by atoms with Crippen molar-refractivity contribution in [1.29, 1.82) is 0 Å². The molecule has 6 nitrogen and oxygen atoms in total. The number of rotatable bonds is 4. The molecule has 0 bridgehead atoms. The van der Waals surface area contributed by atoms with E-state index in [-0.39, 0.29) is 5.60 Å². The lowest BCUT2D eigenvalue weighted by Gasteiger charge is -2.38. The van der Waals surface area contributed by atoms with Crippen LogP contribution in [-0.4, -0.2) is 51.2 Å². The SMILES string of the molecule is Cc1cnc(N[C@H]2CCO[C@@]3(CCN(Cc4cccnc4)C3)C2)nc1. The van der Waals surface area contributed by atoms with Crippen LogP contribution in [0.3, 0.4) is 0 Å². The van der Waals surface area contributed by atoms with Crippen LogP contribution in [0.25, 0.3) is 0 Å². The maximum Gasteiger partial charge on any atom is 0.222 e. The van der Waals surface area contributed by atoms with Crippen LogP contribution in [0, 0.1) is 6.92 Å². The molecule has 132 valence electrons. The van der Waals surface area contributed by atoms with E-state index in [1.54, 1.807) is 0 Å². The minimum Gasteiger partial charge on any atom is -0.373 e. The summed E-state index contributed by atoms with van der Waals surface area (Å²) in [6.45, 7) is 5.79. The first kappa shape index (κ1) is 16.4. The van der Waals surface area contributed by atoms with Crippen LogP contribution in [-0.2, 0) is 11.3 Å². The van der Waals surface area contributed by atoms with Gasteiger partial charge in [0.05, 0.1) is 5.60 Å². The average Bonchev–Trinajstić information content (AvgIpc) is 3.00. The number of anilines is 1. The molecule has 1 N–H and O–H groups in total. The number of ether oxygens (including phenoxy) is 1.